The number of sulfonamides is 1. The second kappa shape index (κ2) is 4.06. The van der Waals surface area contributed by atoms with Gasteiger partial charge in [-0.1, -0.05) is 6.42 Å². The lowest BCUT2D eigenvalue weighted by molar-refractivity contribution is -0.107. The van der Waals surface area contributed by atoms with Gasteiger partial charge in [-0.05, 0) is 12.8 Å². The minimum Gasteiger partial charge on any atom is -0.212 e. The van der Waals surface area contributed by atoms with Crippen LogP contribution in [0.15, 0.2) is 0 Å². The summed E-state index contributed by atoms with van der Waals surface area (Å²) in [6.45, 7) is 0.441. The van der Waals surface area contributed by atoms with E-state index in [2.05, 4.69) is 0 Å². The average molecular weight is 231 g/mol. The third-order valence-corrected chi connectivity index (χ3v) is 3.90. The van der Waals surface area contributed by atoms with E-state index in [0.717, 1.165) is 10.7 Å². The molecule has 0 aliphatic carbocycles. The summed E-state index contributed by atoms with van der Waals surface area (Å²) in [5.41, 5.74) is 0. The summed E-state index contributed by atoms with van der Waals surface area (Å²) in [4.78, 5) is 0. The highest BCUT2D eigenvalue weighted by Gasteiger charge is 2.38. The third-order valence-electron chi connectivity index (χ3n) is 2.05. The van der Waals surface area contributed by atoms with Crippen LogP contribution in [-0.4, -0.2) is 37.7 Å². The Morgan fingerprint density at radius 2 is 1.57 bits per heavy atom. The lowest BCUT2D eigenvalue weighted by Gasteiger charge is -2.26. The summed E-state index contributed by atoms with van der Waals surface area (Å²) in [6, 6.07) is 0. The maximum atomic E-state index is 11.9. The molecule has 0 bridgehead atoms. The SMILES string of the molecule is O=S(=O)(CC(F)(F)F)N1CCCCC1. The van der Waals surface area contributed by atoms with Crippen LogP contribution in [0.3, 0.4) is 0 Å². The number of rotatable bonds is 2. The van der Waals surface area contributed by atoms with Crippen molar-refractivity contribution in [3.8, 4) is 0 Å². The molecule has 1 heterocycles. The number of hydrogen-bond acceptors (Lipinski definition) is 2. The minimum absolute atomic E-state index is 0.221. The molecule has 0 aromatic carbocycles. The molecule has 1 fully saturated rings. The average Bonchev–Trinajstić information content (AvgIpc) is 2.01. The Morgan fingerprint density at radius 3 is 2.00 bits per heavy atom. The van der Waals surface area contributed by atoms with Crippen molar-refractivity contribution in [2.24, 2.45) is 0 Å². The first-order valence-electron chi connectivity index (χ1n) is 4.36. The molecule has 0 aromatic heterocycles. The minimum atomic E-state index is -4.64. The summed E-state index contributed by atoms with van der Waals surface area (Å²) in [5, 5.41) is 0. The second-order valence-electron chi connectivity index (χ2n) is 3.33. The molecule has 3 nitrogen and oxygen atoms in total. The summed E-state index contributed by atoms with van der Waals surface area (Å²) in [5.74, 6) is -1.74. The Balaban J connectivity index is 2.64. The van der Waals surface area contributed by atoms with Crippen molar-refractivity contribution in [3.05, 3.63) is 0 Å². The van der Waals surface area contributed by atoms with Crippen molar-refractivity contribution in [2.45, 2.75) is 25.4 Å². The molecule has 0 aromatic rings. The van der Waals surface area contributed by atoms with Gasteiger partial charge in [0.2, 0.25) is 10.0 Å². The molecule has 1 aliphatic rings. The zero-order chi connectivity index (χ0) is 10.8. The highest BCUT2D eigenvalue weighted by molar-refractivity contribution is 7.89. The predicted octanol–water partition coefficient (Wildman–Crippen LogP) is 1.36. The van der Waals surface area contributed by atoms with Crippen molar-refractivity contribution in [2.75, 3.05) is 18.8 Å². The Labute approximate surface area is 80.9 Å². The smallest absolute Gasteiger partial charge is 0.212 e. The van der Waals surface area contributed by atoms with Gasteiger partial charge in [0.1, 0.15) is 0 Å². The molecular formula is C7H12F3NO2S. The van der Waals surface area contributed by atoms with Crippen LogP contribution in [0.4, 0.5) is 13.2 Å². The van der Waals surface area contributed by atoms with E-state index in [1.165, 1.54) is 0 Å². The number of hydrogen-bond donors (Lipinski definition) is 0. The Hall–Kier alpha value is -0.300. The van der Waals surface area contributed by atoms with Gasteiger partial charge in [0, 0.05) is 13.1 Å². The standard InChI is InChI=1S/C7H12F3NO2S/c8-7(9,10)6-14(12,13)11-4-2-1-3-5-11/h1-6H2. The number of alkyl halides is 3. The molecule has 0 radical (unpaired) electrons. The molecule has 7 heteroatoms. The van der Waals surface area contributed by atoms with E-state index in [-0.39, 0.29) is 13.1 Å². The predicted molar refractivity (Wildman–Crippen MR) is 45.3 cm³/mol. The molecule has 14 heavy (non-hydrogen) atoms. The molecule has 0 saturated carbocycles. The molecule has 1 aliphatic heterocycles. The molecule has 0 spiro atoms. The summed E-state index contributed by atoms with van der Waals surface area (Å²) < 4.78 is 59.1. The monoisotopic (exact) mass is 231 g/mol. The lowest BCUT2D eigenvalue weighted by atomic mass is 10.2. The molecule has 0 unspecified atom stereocenters. The van der Waals surface area contributed by atoms with E-state index < -0.39 is 22.0 Å². The topological polar surface area (TPSA) is 37.4 Å². The molecule has 1 rings (SSSR count). The first-order chi connectivity index (χ1) is 6.31. The Bertz CT molecular complexity index is 280. The highest BCUT2D eigenvalue weighted by Crippen LogP contribution is 2.21. The summed E-state index contributed by atoms with van der Waals surface area (Å²) >= 11 is 0. The van der Waals surface area contributed by atoms with Gasteiger partial charge in [-0.25, -0.2) is 12.7 Å². The van der Waals surface area contributed by atoms with Crippen molar-refractivity contribution < 1.29 is 21.6 Å². The van der Waals surface area contributed by atoms with E-state index >= 15 is 0 Å². The zero-order valence-electron chi connectivity index (χ0n) is 7.55. The van der Waals surface area contributed by atoms with E-state index in [0.29, 0.717) is 12.8 Å². The lowest BCUT2D eigenvalue weighted by Crippen LogP contribution is -2.40. The number of nitrogens with zero attached hydrogens (tertiary/aromatic N) is 1. The molecule has 0 atom stereocenters. The van der Waals surface area contributed by atoms with Crippen molar-refractivity contribution in [1.29, 1.82) is 0 Å². The fraction of sp³-hybridized carbons (Fsp3) is 1.00. The van der Waals surface area contributed by atoms with Crippen molar-refractivity contribution in [1.82, 2.24) is 4.31 Å². The van der Waals surface area contributed by atoms with Crippen LogP contribution in [0.5, 0.6) is 0 Å². The number of halogens is 3. The Morgan fingerprint density at radius 1 is 1.07 bits per heavy atom. The van der Waals surface area contributed by atoms with Gasteiger partial charge < -0.3 is 0 Å². The third kappa shape index (κ3) is 3.45. The van der Waals surface area contributed by atoms with E-state index in [1.54, 1.807) is 0 Å². The van der Waals surface area contributed by atoms with Gasteiger partial charge in [0.15, 0.2) is 5.75 Å². The molecule has 0 amide bonds. The first kappa shape index (κ1) is 11.8. The van der Waals surface area contributed by atoms with Crippen LogP contribution in [0.25, 0.3) is 0 Å². The molecule has 1 saturated heterocycles. The van der Waals surface area contributed by atoms with E-state index in [1.807, 2.05) is 0 Å². The van der Waals surface area contributed by atoms with E-state index in [4.69, 9.17) is 0 Å². The maximum Gasteiger partial charge on any atom is 0.404 e. The summed E-state index contributed by atoms with van der Waals surface area (Å²) in [6.07, 6.45) is -2.46. The molecular weight excluding hydrogens is 219 g/mol. The van der Waals surface area contributed by atoms with Gasteiger partial charge in [0.25, 0.3) is 0 Å². The zero-order valence-corrected chi connectivity index (χ0v) is 8.36. The largest absolute Gasteiger partial charge is 0.404 e. The Kier molecular flexibility index (Phi) is 3.41. The normalized spacial score (nSPS) is 21.1. The highest BCUT2D eigenvalue weighted by atomic mass is 32.2. The number of piperidine rings is 1. The quantitative estimate of drug-likeness (QED) is 0.719. The summed E-state index contributed by atoms with van der Waals surface area (Å²) in [7, 11) is -4.13. The van der Waals surface area contributed by atoms with Crippen molar-refractivity contribution in [3.63, 3.8) is 0 Å². The van der Waals surface area contributed by atoms with Gasteiger partial charge in [0.05, 0.1) is 0 Å². The van der Waals surface area contributed by atoms with E-state index in [9.17, 15) is 21.6 Å². The van der Waals surface area contributed by atoms with Crippen LogP contribution < -0.4 is 0 Å². The maximum absolute atomic E-state index is 11.9. The first-order valence-corrected chi connectivity index (χ1v) is 5.97. The van der Waals surface area contributed by atoms with Crippen LogP contribution in [0, 0.1) is 0 Å². The van der Waals surface area contributed by atoms with Gasteiger partial charge in [-0.15, -0.1) is 0 Å². The fourth-order valence-electron chi connectivity index (χ4n) is 1.44. The van der Waals surface area contributed by atoms with Crippen LogP contribution >= 0.6 is 0 Å². The molecule has 84 valence electrons. The van der Waals surface area contributed by atoms with Crippen molar-refractivity contribution >= 4 is 10.0 Å². The van der Waals surface area contributed by atoms with Crippen LogP contribution in [-0.2, 0) is 10.0 Å². The van der Waals surface area contributed by atoms with Gasteiger partial charge >= 0.3 is 6.18 Å². The fourth-order valence-corrected chi connectivity index (χ4v) is 2.85. The van der Waals surface area contributed by atoms with Gasteiger partial charge in [-0.3, -0.25) is 0 Å². The molecule has 0 N–H and O–H groups in total. The van der Waals surface area contributed by atoms with Crippen LogP contribution in [0.1, 0.15) is 19.3 Å². The second-order valence-corrected chi connectivity index (χ2v) is 5.30. The van der Waals surface area contributed by atoms with Gasteiger partial charge in [-0.2, -0.15) is 13.2 Å². The van der Waals surface area contributed by atoms with Crippen LogP contribution in [0.2, 0.25) is 0 Å².